The molecule has 1 aromatic heterocycles. The van der Waals surface area contributed by atoms with Gasteiger partial charge in [0.1, 0.15) is 0 Å². The van der Waals surface area contributed by atoms with Crippen LogP contribution < -0.4 is 5.32 Å². The lowest BCUT2D eigenvalue weighted by atomic mass is 9.74. The van der Waals surface area contributed by atoms with Crippen molar-refractivity contribution in [2.75, 3.05) is 13.2 Å². The van der Waals surface area contributed by atoms with E-state index in [2.05, 4.69) is 10.3 Å². The summed E-state index contributed by atoms with van der Waals surface area (Å²) in [5.41, 5.74) is 0.744. The highest BCUT2D eigenvalue weighted by atomic mass is 32.1. The van der Waals surface area contributed by atoms with E-state index in [1.54, 1.807) is 11.3 Å². The number of aryl methyl sites for hydroxylation is 1. The van der Waals surface area contributed by atoms with Gasteiger partial charge in [0, 0.05) is 17.3 Å². The molecule has 2 rings (SSSR count). The fourth-order valence-electron chi connectivity index (χ4n) is 2.70. The Hall–Kier alpha value is -0.940. The molecule has 0 saturated heterocycles. The Bertz CT molecular complexity index is 425. The van der Waals surface area contributed by atoms with Gasteiger partial charge in [0.2, 0.25) is 5.91 Å². The van der Waals surface area contributed by atoms with Gasteiger partial charge in [0.05, 0.1) is 23.7 Å². The average Bonchev–Trinajstić information content (AvgIpc) is 2.83. The molecule has 0 aliphatic heterocycles. The number of aliphatic hydroxyl groups is 1. The van der Waals surface area contributed by atoms with Crippen molar-refractivity contribution in [3.05, 3.63) is 16.1 Å². The third-order valence-corrected chi connectivity index (χ3v) is 4.74. The van der Waals surface area contributed by atoms with Crippen LogP contribution >= 0.6 is 11.3 Å². The molecule has 2 N–H and O–H groups in total. The first-order valence-electron chi connectivity index (χ1n) is 6.92. The highest BCUT2D eigenvalue weighted by molar-refractivity contribution is 7.09. The summed E-state index contributed by atoms with van der Waals surface area (Å²) in [7, 11) is 0. The molecule has 4 nitrogen and oxygen atoms in total. The quantitative estimate of drug-likeness (QED) is 0.869. The van der Waals surface area contributed by atoms with Crippen LogP contribution in [0.15, 0.2) is 5.38 Å². The lowest BCUT2D eigenvalue weighted by molar-refractivity contribution is -0.121. The first-order valence-corrected chi connectivity index (χ1v) is 7.80. The third kappa shape index (κ3) is 4.01. The van der Waals surface area contributed by atoms with Crippen molar-refractivity contribution < 1.29 is 9.90 Å². The van der Waals surface area contributed by atoms with Crippen LogP contribution in [-0.4, -0.2) is 29.1 Å². The highest BCUT2D eigenvalue weighted by Gasteiger charge is 2.31. The molecule has 1 saturated carbocycles. The van der Waals surface area contributed by atoms with Gasteiger partial charge in [-0.1, -0.05) is 19.3 Å². The van der Waals surface area contributed by atoms with Gasteiger partial charge in [0.15, 0.2) is 0 Å². The van der Waals surface area contributed by atoms with Crippen molar-refractivity contribution in [3.63, 3.8) is 0 Å². The van der Waals surface area contributed by atoms with Gasteiger partial charge in [-0.15, -0.1) is 11.3 Å². The predicted octanol–water partition coefficient (Wildman–Crippen LogP) is 2.05. The van der Waals surface area contributed by atoms with Crippen LogP contribution in [0, 0.1) is 12.3 Å². The number of hydrogen-bond acceptors (Lipinski definition) is 4. The van der Waals surface area contributed by atoms with E-state index in [1.165, 1.54) is 6.42 Å². The van der Waals surface area contributed by atoms with Gasteiger partial charge < -0.3 is 10.4 Å². The van der Waals surface area contributed by atoms with Crippen LogP contribution in [-0.2, 0) is 11.2 Å². The minimum atomic E-state index is -0.0914. The van der Waals surface area contributed by atoms with Crippen LogP contribution in [0.2, 0.25) is 0 Å². The molecule has 1 heterocycles. The van der Waals surface area contributed by atoms with Crippen molar-refractivity contribution in [2.45, 2.75) is 45.4 Å². The SMILES string of the molecule is Cc1nc(CC(=O)NCC2(CO)CCCCC2)cs1. The van der Waals surface area contributed by atoms with E-state index in [9.17, 15) is 9.90 Å². The molecule has 0 atom stereocenters. The fourth-order valence-corrected chi connectivity index (χ4v) is 3.31. The molecule has 1 fully saturated rings. The molecule has 1 amide bonds. The number of hydrogen-bond donors (Lipinski definition) is 2. The molecular weight excluding hydrogens is 260 g/mol. The normalized spacial score (nSPS) is 18.2. The standard InChI is InChI=1S/C14H22N2O2S/c1-11-16-12(8-19-11)7-13(18)15-9-14(10-17)5-3-2-4-6-14/h8,17H,2-7,9-10H2,1H3,(H,15,18). The van der Waals surface area contributed by atoms with Gasteiger partial charge in [-0.2, -0.15) is 0 Å². The summed E-state index contributed by atoms with van der Waals surface area (Å²) in [5.74, 6) is 0.00342. The Morgan fingerprint density at radius 3 is 2.79 bits per heavy atom. The van der Waals surface area contributed by atoms with E-state index in [0.717, 1.165) is 36.4 Å². The molecule has 0 spiro atoms. The number of rotatable bonds is 5. The van der Waals surface area contributed by atoms with Gasteiger partial charge in [-0.25, -0.2) is 4.98 Å². The molecular formula is C14H22N2O2S. The topological polar surface area (TPSA) is 62.2 Å². The Labute approximate surface area is 118 Å². The summed E-state index contributed by atoms with van der Waals surface area (Å²) in [6, 6.07) is 0. The van der Waals surface area contributed by atoms with E-state index < -0.39 is 0 Å². The first kappa shape index (κ1) is 14.5. The van der Waals surface area contributed by atoms with Crippen molar-refractivity contribution >= 4 is 17.2 Å². The molecule has 0 bridgehead atoms. The van der Waals surface area contributed by atoms with E-state index in [-0.39, 0.29) is 17.9 Å². The molecule has 1 aliphatic rings. The summed E-state index contributed by atoms with van der Waals surface area (Å²) in [4.78, 5) is 16.2. The minimum Gasteiger partial charge on any atom is -0.396 e. The van der Waals surface area contributed by atoms with Crippen molar-refractivity contribution in [1.82, 2.24) is 10.3 Å². The number of aromatic nitrogens is 1. The maximum Gasteiger partial charge on any atom is 0.226 e. The summed E-state index contributed by atoms with van der Waals surface area (Å²) >= 11 is 1.57. The molecule has 0 aromatic carbocycles. The number of aliphatic hydroxyl groups excluding tert-OH is 1. The predicted molar refractivity (Wildman–Crippen MR) is 76.2 cm³/mol. The number of amides is 1. The molecule has 5 heteroatoms. The summed E-state index contributed by atoms with van der Waals surface area (Å²) in [6.07, 6.45) is 5.92. The maximum absolute atomic E-state index is 11.9. The zero-order valence-corrected chi connectivity index (χ0v) is 12.3. The highest BCUT2D eigenvalue weighted by Crippen LogP contribution is 2.35. The molecule has 1 aliphatic carbocycles. The fraction of sp³-hybridized carbons (Fsp3) is 0.714. The Morgan fingerprint density at radius 2 is 2.21 bits per heavy atom. The summed E-state index contributed by atoms with van der Waals surface area (Å²) in [6.45, 7) is 2.70. The Kier molecular flexibility index (Phi) is 4.93. The molecule has 0 unspecified atom stereocenters. The number of carbonyl (C=O) groups is 1. The minimum absolute atomic E-state index is 0.00342. The number of nitrogens with zero attached hydrogens (tertiary/aromatic N) is 1. The lowest BCUT2D eigenvalue weighted by Gasteiger charge is -2.35. The van der Waals surface area contributed by atoms with E-state index >= 15 is 0 Å². The molecule has 0 radical (unpaired) electrons. The molecule has 106 valence electrons. The molecule has 1 aromatic rings. The maximum atomic E-state index is 11.9. The van der Waals surface area contributed by atoms with Crippen LogP contribution in [0.1, 0.15) is 42.8 Å². The van der Waals surface area contributed by atoms with Crippen molar-refractivity contribution in [2.24, 2.45) is 5.41 Å². The molecule has 19 heavy (non-hydrogen) atoms. The second-order valence-corrected chi connectivity index (χ2v) is 6.59. The smallest absolute Gasteiger partial charge is 0.226 e. The largest absolute Gasteiger partial charge is 0.396 e. The van der Waals surface area contributed by atoms with E-state index in [1.807, 2.05) is 12.3 Å². The van der Waals surface area contributed by atoms with Gasteiger partial charge in [-0.3, -0.25) is 4.79 Å². The third-order valence-electron chi connectivity index (χ3n) is 3.92. The monoisotopic (exact) mass is 282 g/mol. The Balaban J connectivity index is 1.82. The lowest BCUT2D eigenvalue weighted by Crippen LogP contribution is -2.41. The van der Waals surface area contributed by atoms with Crippen LogP contribution in [0.5, 0.6) is 0 Å². The van der Waals surface area contributed by atoms with Gasteiger partial charge >= 0.3 is 0 Å². The zero-order chi connectivity index (χ0) is 13.7. The number of thiazole rings is 1. The first-order chi connectivity index (χ1) is 9.13. The van der Waals surface area contributed by atoms with Gasteiger partial charge in [-0.05, 0) is 19.8 Å². The number of carbonyl (C=O) groups excluding carboxylic acids is 1. The second kappa shape index (κ2) is 6.48. The van der Waals surface area contributed by atoms with Crippen LogP contribution in [0.3, 0.4) is 0 Å². The van der Waals surface area contributed by atoms with Gasteiger partial charge in [0.25, 0.3) is 0 Å². The summed E-state index contributed by atoms with van der Waals surface area (Å²) < 4.78 is 0. The van der Waals surface area contributed by atoms with E-state index in [0.29, 0.717) is 13.0 Å². The number of nitrogens with one attached hydrogen (secondary N) is 1. The zero-order valence-electron chi connectivity index (χ0n) is 11.4. The average molecular weight is 282 g/mol. The van der Waals surface area contributed by atoms with Crippen LogP contribution in [0.4, 0.5) is 0 Å². The van der Waals surface area contributed by atoms with Crippen molar-refractivity contribution in [1.29, 1.82) is 0 Å². The second-order valence-electron chi connectivity index (χ2n) is 5.53. The summed E-state index contributed by atoms with van der Waals surface area (Å²) in [5, 5.41) is 15.5. The van der Waals surface area contributed by atoms with E-state index in [4.69, 9.17) is 0 Å². The Morgan fingerprint density at radius 1 is 1.47 bits per heavy atom. The van der Waals surface area contributed by atoms with Crippen LogP contribution in [0.25, 0.3) is 0 Å². The van der Waals surface area contributed by atoms with Crippen molar-refractivity contribution in [3.8, 4) is 0 Å².